The third-order valence-corrected chi connectivity index (χ3v) is 6.33. The van der Waals surface area contributed by atoms with Gasteiger partial charge in [0, 0.05) is 40.0 Å². The Labute approximate surface area is 179 Å². The van der Waals surface area contributed by atoms with Crippen LogP contribution in [0.2, 0.25) is 0 Å². The molecule has 2 atom stereocenters. The van der Waals surface area contributed by atoms with E-state index in [0.29, 0.717) is 34.2 Å². The maximum Gasteiger partial charge on any atom is 0.223 e. The molecule has 0 amide bonds. The van der Waals surface area contributed by atoms with Crippen molar-refractivity contribution in [3.63, 3.8) is 0 Å². The molecular formula is C22H25FN6S. The average Bonchev–Trinajstić information content (AvgIpc) is 2.72. The van der Waals surface area contributed by atoms with E-state index in [9.17, 15) is 4.39 Å². The van der Waals surface area contributed by atoms with Crippen LogP contribution in [0.3, 0.4) is 0 Å². The minimum atomic E-state index is -0.307. The van der Waals surface area contributed by atoms with Crippen molar-refractivity contribution in [2.45, 2.75) is 48.4 Å². The number of nitrogens with one attached hydrogen (secondary N) is 2. The largest absolute Gasteiger partial charge is 0.368 e. The molecule has 0 saturated heterocycles. The lowest BCUT2D eigenvalue weighted by atomic mass is 9.86. The van der Waals surface area contributed by atoms with Crippen molar-refractivity contribution >= 4 is 35.0 Å². The Morgan fingerprint density at radius 2 is 1.80 bits per heavy atom. The van der Waals surface area contributed by atoms with Gasteiger partial charge in [0.05, 0.1) is 0 Å². The first-order valence-electron chi connectivity index (χ1n) is 10.1. The topological polar surface area (TPSA) is 88.8 Å². The summed E-state index contributed by atoms with van der Waals surface area (Å²) in [5.41, 5.74) is 6.51. The highest BCUT2D eigenvalue weighted by Gasteiger charge is 2.21. The number of nitrogens with zero attached hydrogens (tertiary/aromatic N) is 3. The van der Waals surface area contributed by atoms with E-state index < -0.39 is 0 Å². The van der Waals surface area contributed by atoms with Crippen molar-refractivity contribution in [2.75, 3.05) is 16.4 Å². The van der Waals surface area contributed by atoms with E-state index in [1.165, 1.54) is 37.1 Å². The summed E-state index contributed by atoms with van der Waals surface area (Å²) in [5.74, 6) is 1.68. The van der Waals surface area contributed by atoms with Crippen LogP contribution in [0.25, 0.3) is 0 Å². The van der Waals surface area contributed by atoms with Crippen LogP contribution in [-0.2, 0) is 0 Å². The Balaban J connectivity index is 1.47. The zero-order valence-electron chi connectivity index (χ0n) is 16.8. The van der Waals surface area contributed by atoms with Crippen molar-refractivity contribution in [3.05, 3.63) is 54.6 Å². The number of hydrogen-bond acceptors (Lipinski definition) is 7. The van der Waals surface area contributed by atoms with Gasteiger partial charge in [0.15, 0.2) is 0 Å². The first-order valence-corrected chi connectivity index (χ1v) is 10.9. The molecule has 1 saturated carbocycles. The lowest BCUT2D eigenvalue weighted by molar-refractivity contribution is 0.349. The fourth-order valence-electron chi connectivity index (χ4n) is 3.67. The summed E-state index contributed by atoms with van der Waals surface area (Å²) in [6.07, 6.45) is 8.21. The van der Waals surface area contributed by atoms with Gasteiger partial charge in [-0.05, 0) is 49.1 Å². The zero-order chi connectivity index (χ0) is 20.9. The molecule has 1 aliphatic rings. The van der Waals surface area contributed by atoms with Crippen LogP contribution in [0.1, 0.15) is 32.6 Å². The van der Waals surface area contributed by atoms with Crippen LogP contribution in [0, 0.1) is 11.7 Å². The number of rotatable bonds is 6. The van der Waals surface area contributed by atoms with Crippen LogP contribution < -0.4 is 16.4 Å². The molecule has 0 radical (unpaired) electrons. The quantitative estimate of drug-likeness (QED) is 0.483. The van der Waals surface area contributed by atoms with Crippen LogP contribution in [0.15, 0.2) is 58.6 Å². The standard InChI is InChI=1S/C22H25FN6S/c1-14-4-2-3-5-18(14)27-21-13-20(28-22(24)29-21)26-15-6-7-19(17(23)12-15)30-16-8-10-25-11-9-16/h6-14,18H,2-5H2,1H3,(H4,24,26,27,28,29). The maximum absolute atomic E-state index is 14.6. The second-order valence-electron chi connectivity index (χ2n) is 7.56. The first-order chi connectivity index (χ1) is 14.6. The smallest absolute Gasteiger partial charge is 0.223 e. The van der Waals surface area contributed by atoms with Gasteiger partial charge in [0.1, 0.15) is 17.5 Å². The third-order valence-electron chi connectivity index (χ3n) is 5.27. The van der Waals surface area contributed by atoms with Gasteiger partial charge in [0.25, 0.3) is 0 Å². The Morgan fingerprint density at radius 3 is 2.57 bits per heavy atom. The van der Waals surface area contributed by atoms with E-state index in [0.717, 1.165) is 11.3 Å². The van der Waals surface area contributed by atoms with Gasteiger partial charge in [-0.2, -0.15) is 9.97 Å². The molecule has 0 bridgehead atoms. The number of anilines is 4. The molecule has 2 unspecified atom stereocenters. The number of halogens is 1. The Kier molecular flexibility index (Phi) is 6.32. The number of nitrogens with two attached hydrogens (primary N) is 1. The molecule has 4 rings (SSSR count). The van der Waals surface area contributed by atoms with E-state index in [1.807, 2.05) is 24.3 Å². The third kappa shape index (κ3) is 5.18. The summed E-state index contributed by atoms with van der Waals surface area (Å²) in [6.45, 7) is 2.26. The molecule has 1 aromatic carbocycles. The van der Waals surface area contributed by atoms with E-state index in [-0.39, 0.29) is 11.8 Å². The minimum Gasteiger partial charge on any atom is -0.368 e. The molecule has 0 spiro atoms. The predicted octanol–water partition coefficient (Wildman–Crippen LogP) is 5.48. The normalized spacial score (nSPS) is 18.7. The van der Waals surface area contributed by atoms with Crippen molar-refractivity contribution < 1.29 is 4.39 Å². The second kappa shape index (κ2) is 9.30. The van der Waals surface area contributed by atoms with E-state index >= 15 is 0 Å². The second-order valence-corrected chi connectivity index (χ2v) is 8.68. The summed E-state index contributed by atoms with van der Waals surface area (Å²) < 4.78 is 14.6. The number of benzene rings is 1. The molecule has 3 aromatic rings. The van der Waals surface area contributed by atoms with Crippen molar-refractivity contribution in [3.8, 4) is 0 Å². The fraction of sp³-hybridized carbons (Fsp3) is 0.318. The van der Waals surface area contributed by atoms with Gasteiger partial charge < -0.3 is 16.4 Å². The predicted molar refractivity (Wildman–Crippen MR) is 120 cm³/mol. The average molecular weight is 425 g/mol. The highest BCUT2D eigenvalue weighted by molar-refractivity contribution is 7.99. The highest BCUT2D eigenvalue weighted by atomic mass is 32.2. The van der Waals surface area contributed by atoms with Crippen molar-refractivity contribution in [1.82, 2.24) is 15.0 Å². The SMILES string of the molecule is CC1CCCCC1Nc1cc(Nc2ccc(Sc3ccncc3)c(F)c2)nc(N)n1. The monoisotopic (exact) mass is 424 g/mol. The molecule has 1 aliphatic carbocycles. The lowest BCUT2D eigenvalue weighted by Crippen LogP contribution is -2.30. The summed E-state index contributed by atoms with van der Waals surface area (Å²) in [6, 6.07) is 10.9. The molecule has 0 aliphatic heterocycles. The maximum atomic E-state index is 14.6. The molecule has 30 heavy (non-hydrogen) atoms. The van der Waals surface area contributed by atoms with Gasteiger partial charge in [0.2, 0.25) is 5.95 Å². The van der Waals surface area contributed by atoms with Crippen LogP contribution in [0.4, 0.5) is 27.7 Å². The van der Waals surface area contributed by atoms with Gasteiger partial charge in [-0.25, -0.2) is 4.39 Å². The Hall–Kier alpha value is -2.87. The van der Waals surface area contributed by atoms with Crippen molar-refractivity contribution in [1.29, 1.82) is 0 Å². The summed E-state index contributed by atoms with van der Waals surface area (Å²) in [4.78, 5) is 14.0. The lowest BCUT2D eigenvalue weighted by Gasteiger charge is -2.30. The number of hydrogen-bond donors (Lipinski definition) is 3. The summed E-state index contributed by atoms with van der Waals surface area (Å²) in [7, 11) is 0. The minimum absolute atomic E-state index is 0.177. The molecular weight excluding hydrogens is 399 g/mol. The van der Waals surface area contributed by atoms with Crippen molar-refractivity contribution in [2.24, 2.45) is 5.92 Å². The highest BCUT2D eigenvalue weighted by Crippen LogP contribution is 2.32. The molecule has 156 valence electrons. The number of pyridine rings is 1. The molecule has 4 N–H and O–H groups in total. The summed E-state index contributed by atoms with van der Waals surface area (Å²) >= 11 is 1.36. The number of aromatic nitrogens is 3. The van der Waals surface area contributed by atoms with Crippen LogP contribution in [0.5, 0.6) is 0 Å². The molecule has 8 heteroatoms. The molecule has 2 heterocycles. The van der Waals surface area contributed by atoms with E-state index in [2.05, 4.69) is 32.5 Å². The van der Waals surface area contributed by atoms with Gasteiger partial charge in [-0.15, -0.1) is 0 Å². The van der Waals surface area contributed by atoms with Gasteiger partial charge in [-0.3, -0.25) is 4.98 Å². The number of nitrogen functional groups attached to an aromatic ring is 1. The van der Waals surface area contributed by atoms with Crippen LogP contribution >= 0.6 is 11.8 Å². The molecule has 2 aromatic heterocycles. The fourth-order valence-corrected chi connectivity index (χ4v) is 4.47. The molecule has 1 fully saturated rings. The Morgan fingerprint density at radius 1 is 1.03 bits per heavy atom. The zero-order valence-corrected chi connectivity index (χ0v) is 17.6. The van der Waals surface area contributed by atoms with E-state index in [1.54, 1.807) is 18.5 Å². The van der Waals surface area contributed by atoms with E-state index in [4.69, 9.17) is 5.73 Å². The molecule has 6 nitrogen and oxygen atoms in total. The summed E-state index contributed by atoms with van der Waals surface area (Å²) in [5, 5.41) is 6.63. The van der Waals surface area contributed by atoms with Gasteiger partial charge in [-0.1, -0.05) is 31.5 Å². The Bertz CT molecular complexity index is 1000. The van der Waals surface area contributed by atoms with Crippen LogP contribution in [-0.4, -0.2) is 21.0 Å². The first kappa shape index (κ1) is 20.4. The van der Waals surface area contributed by atoms with Gasteiger partial charge >= 0.3 is 0 Å².